The summed E-state index contributed by atoms with van der Waals surface area (Å²) in [4.78, 5) is 25.8. The van der Waals surface area contributed by atoms with Crippen molar-refractivity contribution in [1.29, 1.82) is 0 Å². The van der Waals surface area contributed by atoms with Gasteiger partial charge in [0.1, 0.15) is 6.04 Å². The van der Waals surface area contributed by atoms with Gasteiger partial charge in [-0.3, -0.25) is 9.59 Å². The molecule has 1 aliphatic heterocycles. The van der Waals surface area contributed by atoms with E-state index in [0.717, 1.165) is 32.1 Å². The minimum absolute atomic E-state index is 0.0102. The van der Waals surface area contributed by atoms with E-state index in [1.54, 1.807) is 0 Å². The lowest BCUT2D eigenvalue weighted by Crippen LogP contribution is -2.61. The average molecular weight is 238 g/mol. The van der Waals surface area contributed by atoms with E-state index in [1.165, 1.54) is 0 Å². The molecule has 2 aliphatic rings. The van der Waals surface area contributed by atoms with Crippen LogP contribution in [0, 0.1) is 5.92 Å². The van der Waals surface area contributed by atoms with Crippen LogP contribution in [0.4, 0.5) is 0 Å². The van der Waals surface area contributed by atoms with Gasteiger partial charge in [-0.2, -0.15) is 0 Å². The zero-order valence-corrected chi connectivity index (χ0v) is 10.7. The van der Waals surface area contributed by atoms with Crippen molar-refractivity contribution in [3.8, 4) is 0 Å². The standard InChI is InChI=1S/C13H22N2O2/c1-3-5-10(4-2)15-8-11(16)14-12(13(15)17)9-6-7-9/h9-10,12H,3-8H2,1-2H3,(H,14,16). The molecule has 2 amide bonds. The molecule has 0 bridgehead atoms. The summed E-state index contributed by atoms with van der Waals surface area (Å²) >= 11 is 0. The zero-order valence-electron chi connectivity index (χ0n) is 10.7. The third kappa shape index (κ3) is 2.61. The van der Waals surface area contributed by atoms with Crippen LogP contribution < -0.4 is 5.32 Å². The molecule has 0 aromatic carbocycles. The fourth-order valence-corrected chi connectivity index (χ4v) is 2.66. The Morgan fingerprint density at radius 3 is 2.59 bits per heavy atom. The van der Waals surface area contributed by atoms with Crippen LogP contribution >= 0.6 is 0 Å². The molecule has 1 saturated carbocycles. The van der Waals surface area contributed by atoms with Crippen LogP contribution in [0.5, 0.6) is 0 Å². The monoisotopic (exact) mass is 238 g/mol. The number of nitrogens with zero attached hydrogens (tertiary/aromatic N) is 1. The highest BCUT2D eigenvalue weighted by atomic mass is 16.2. The van der Waals surface area contributed by atoms with Gasteiger partial charge in [0, 0.05) is 6.04 Å². The molecule has 2 rings (SSSR count). The highest BCUT2D eigenvalue weighted by molar-refractivity contribution is 5.95. The number of nitrogens with one attached hydrogen (secondary N) is 1. The van der Waals surface area contributed by atoms with Gasteiger partial charge in [0.25, 0.3) is 0 Å². The molecular weight excluding hydrogens is 216 g/mol. The maximum atomic E-state index is 12.3. The van der Waals surface area contributed by atoms with E-state index in [0.29, 0.717) is 5.92 Å². The molecule has 2 unspecified atom stereocenters. The molecule has 1 N–H and O–H groups in total. The third-order valence-corrected chi connectivity index (χ3v) is 3.81. The summed E-state index contributed by atoms with van der Waals surface area (Å²) in [5.74, 6) is 0.553. The first kappa shape index (κ1) is 12.4. The zero-order chi connectivity index (χ0) is 12.4. The Morgan fingerprint density at radius 1 is 1.35 bits per heavy atom. The second-order valence-corrected chi connectivity index (χ2v) is 5.20. The molecule has 1 heterocycles. The van der Waals surface area contributed by atoms with Gasteiger partial charge in [-0.05, 0) is 31.6 Å². The Morgan fingerprint density at radius 2 is 2.06 bits per heavy atom. The first-order chi connectivity index (χ1) is 8.17. The molecular formula is C13H22N2O2. The SMILES string of the molecule is CCCC(CC)N1CC(=O)NC(C2CC2)C1=O. The molecule has 1 aliphatic carbocycles. The Kier molecular flexibility index (Phi) is 3.69. The van der Waals surface area contributed by atoms with Crippen LogP contribution in [-0.4, -0.2) is 35.3 Å². The van der Waals surface area contributed by atoms with Crippen molar-refractivity contribution >= 4 is 11.8 Å². The van der Waals surface area contributed by atoms with Crippen LogP contribution in [0.15, 0.2) is 0 Å². The minimum Gasteiger partial charge on any atom is -0.342 e. The maximum absolute atomic E-state index is 12.3. The summed E-state index contributed by atoms with van der Waals surface area (Å²) in [7, 11) is 0. The molecule has 2 atom stereocenters. The third-order valence-electron chi connectivity index (χ3n) is 3.81. The van der Waals surface area contributed by atoms with Crippen LogP contribution in [0.1, 0.15) is 46.0 Å². The predicted molar refractivity (Wildman–Crippen MR) is 65.4 cm³/mol. The van der Waals surface area contributed by atoms with E-state index in [-0.39, 0.29) is 30.4 Å². The lowest BCUT2D eigenvalue weighted by molar-refractivity contribution is -0.147. The highest BCUT2D eigenvalue weighted by Crippen LogP contribution is 2.35. The fraction of sp³-hybridized carbons (Fsp3) is 0.846. The minimum atomic E-state index is -0.234. The molecule has 4 heteroatoms. The van der Waals surface area contributed by atoms with E-state index in [9.17, 15) is 9.59 Å². The highest BCUT2D eigenvalue weighted by Gasteiger charge is 2.43. The van der Waals surface area contributed by atoms with Crippen molar-refractivity contribution in [3.05, 3.63) is 0 Å². The second-order valence-electron chi connectivity index (χ2n) is 5.20. The van der Waals surface area contributed by atoms with Crippen molar-refractivity contribution in [1.82, 2.24) is 10.2 Å². The van der Waals surface area contributed by atoms with E-state index >= 15 is 0 Å². The average Bonchev–Trinajstić information content (AvgIpc) is 3.13. The molecule has 17 heavy (non-hydrogen) atoms. The molecule has 0 aromatic heterocycles. The summed E-state index contributed by atoms with van der Waals surface area (Å²) in [6.07, 6.45) is 5.14. The van der Waals surface area contributed by atoms with Crippen molar-refractivity contribution in [2.45, 2.75) is 58.0 Å². The number of hydrogen-bond acceptors (Lipinski definition) is 2. The van der Waals surface area contributed by atoms with Gasteiger partial charge in [-0.1, -0.05) is 20.3 Å². The van der Waals surface area contributed by atoms with Gasteiger partial charge >= 0.3 is 0 Å². The number of carbonyl (C=O) groups is 2. The number of amides is 2. The second kappa shape index (κ2) is 5.07. The molecule has 4 nitrogen and oxygen atoms in total. The van der Waals surface area contributed by atoms with Gasteiger partial charge in [0.2, 0.25) is 11.8 Å². The largest absolute Gasteiger partial charge is 0.342 e. The summed E-state index contributed by atoms with van der Waals surface area (Å²) < 4.78 is 0. The Balaban J connectivity index is 2.08. The lowest BCUT2D eigenvalue weighted by Gasteiger charge is -2.37. The van der Waals surface area contributed by atoms with Crippen LogP contribution in [0.3, 0.4) is 0 Å². The quantitative estimate of drug-likeness (QED) is 0.785. The van der Waals surface area contributed by atoms with Gasteiger partial charge in [0.05, 0.1) is 6.54 Å². The van der Waals surface area contributed by atoms with E-state index in [4.69, 9.17) is 0 Å². The summed E-state index contributed by atoms with van der Waals surface area (Å²) in [5.41, 5.74) is 0. The summed E-state index contributed by atoms with van der Waals surface area (Å²) in [6, 6.07) is 0.00181. The number of hydrogen-bond donors (Lipinski definition) is 1. The Labute approximate surface area is 103 Å². The first-order valence-electron chi connectivity index (χ1n) is 6.77. The molecule has 0 radical (unpaired) electrons. The Hall–Kier alpha value is -1.06. The fourth-order valence-electron chi connectivity index (χ4n) is 2.66. The van der Waals surface area contributed by atoms with Crippen LogP contribution in [0.25, 0.3) is 0 Å². The topological polar surface area (TPSA) is 49.4 Å². The molecule has 1 saturated heterocycles. The van der Waals surface area contributed by atoms with Crippen LogP contribution in [-0.2, 0) is 9.59 Å². The van der Waals surface area contributed by atoms with Gasteiger partial charge in [0.15, 0.2) is 0 Å². The van der Waals surface area contributed by atoms with Crippen molar-refractivity contribution < 1.29 is 9.59 Å². The molecule has 0 aromatic rings. The van der Waals surface area contributed by atoms with Crippen molar-refractivity contribution in [3.63, 3.8) is 0 Å². The smallest absolute Gasteiger partial charge is 0.246 e. The molecule has 0 spiro atoms. The van der Waals surface area contributed by atoms with Crippen molar-refractivity contribution in [2.75, 3.05) is 6.54 Å². The number of carbonyl (C=O) groups excluding carboxylic acids is 2. The van der Waals surface area contributed by atoms with Crippen molar-refractivity contribution in [2.24, 2.45) is 5.92 Å². The summed E-state index contributed by atoms with van der Waals surface area (Å²) in [5, 5.41) is 2.85. The van der Waals surface area contributed by atoms with E-state index in [1.807, 2.05) is 4.90 Å². The first-order valence-corrected chi connectivity index (χ1v) is 6.77. The van der Waals surface area contributed by atoms with Crippen LogP contribution in [0.2, 0.25) is 0 Å². The number of piperazine rings is 1. The molecule has 96 valence electrons. The number of rotatable bonds is 5. The van der Waals surface area contributed by atoms with Gasteiger partial charge in [-0.25, -0.2) is 0 Å². The normalized spacial score (nSPS) is 26.9. The summed E-state index contributed by atoms with van der Waals surface area (Å²) in [6.45, 7) is 4.46. The van der Waals surface area contributed by atoms with Gasteiger partial charge < -0.3 is 10.2 Å². The van der Waals surface area contributed by atoms with E-state index in [2.05, 4.69) is 19.2 Å². The predicted octanol–water partition coefficient (Wildman–Crippen LogP) is 1.30. The van der Waals surface area contributed by atoms with E-state index < -0.39 is 0 Å². The molecule has 2 fully saturated rings. The Bertz CT molecular complexity index is 313. The van der Waals surface area contributed by atoms with Gasteiger partial charge in [-0.15, -0.1) is 0 Å². The maximum Gasteiger partial charge on any atom is 0.246 e. The lowest BCUT2D eigenvalue weighted by atomic mass is 10.0.